The Bertz CT molecular complexity index is 824. The zero-order valence-corrected chi connectivity index (χ0v) is 15.0. The minimum Gasteiger partial charge on any atom is -0.465 e. The number of rotatable bonds is 7. The van der Waals surface area contributed by atoms with Crippen molar-refractivity contribution < 1.29 is 28.4 Å². The second kappa shape index (κ2) is 9.44. The molecule has 0 saturated heterocycles. The molecule has 0 spiro atoms. The molecule has 2 rings (SSSR count). The number of halogens is 1. The van der Waals surface area contributed by atoms with E-state index in [9.17, 15) is 18.8 Å². The van der Waals surface area contributed by atoms with Crippen LogP contribution in [0.3, 0.4) is 0 Å². The molecule has 3 N–H and O–H groups in total. The molecular weight excluding hydrogens is 353 g/mol. The summed E-state index contributed by atoms with van der Waals surface area (Å²) in [5.41, 5.74) is 1.28. The second-order valence-electron chi connectivity index (χ2n) is 5.99. The second-order valence-corrected chi connectivity index (χ2v) is 5.99. The van der Waals surface area contributed by atoms with Crippen LogP contribution in [0.4, 0.5) is 15.8 Å². The van der Waals surface area contributed by atoms with Crippen LogP contribution in [-0.4, -0.2) is 45.0 Å². The van der Waals surface area contributed by atoms with E-state index >= 15 is 0 Å². The van der Waals surface area contributed by atoms with E-state index in [2.05, 4.69) is 15.4 Å². The monoisotopic (exact) mass is 374 g/mol. The van der Waals surface area contributed by atoms with Crippen molar-refractivity contribution in [2.75, 3.05) is 37.9 Å². The molecule has 0 radical (unpaired) electrons. The minimum absolute atomic E-state index is 0.0468. The lowest BCUT2D eigenvalue weighted by Crippen LogP contribution is -3.11. The Kier molecular flexibility index (Phi) is 7.01. The van der Waals surface area contributed by atoms with Gasteiger partial charge in [-0.1, -0.05) is 6.07 Å². The Morgan fingerprint density at radius 2 is 1.56 bits per heavy atom. The number of ether oxygens (including phenoxy) is 1. The first kappa shape index (κ1) is 20.1. The molecule has 27 heavy (non-hydrogen) atoms. The van der Waals surface area contributed by atoms with Crippen molar-refractivity contribution >= 4 is 29.2 Å². The lowest BCUT2D eigenvalue weighted by atomic mass is 10.2. The number of esters is 1. The van der Waals surface area contributed by atoms with Crippen LogP contribution in [0.15, 0.2) is 48.5 Å². The maximum absolute atomic E-state index is 13.1. The van der Waals surface area contributed by atoms with Gasteiger partial charge in [-0.2, -0.15) is 0 Å². The highest BCUT2D eigenvalue weighted by Gasteiger charge is 2.15. The van der Waals surface area contributed by atoms with Crippen molar-refractivity contribution in [1.29, 1.82) is 0 Å². The van der Waals surface area contributed by atoms with E-state index in [1.807, 2.05) is 0 Å². The predicted molar refractivity (Wildman–Crippen MR) is 98.1 cm³/mol. The maximum Gasteiger partial charge on any atom is 0.337 e. The normalized spacial score (nSPS) is 11.4. The summed E-state index contributed by atoms with van der Waals surface area (Å²) in [4.78, 5) is 36.1. The van der Waals surface area contributed by atoms with Gasteiger partial charge >= 0.3 is 5.97 Å². The zero-order chi connectivity index (χ0) is 19.8. The van der Waals surface area contributed by atoms with Crippen LogP contribution >= 0.6 is 0 Å². The summed E-state index contributed by atoms with van der Waals surface area (Å²) in [6.45, 7) is 0.112. The first-order valence-corrected chi connectivity index (χ1v) is 8.22. The average molecular weight is 374 g/mol. The highest BCUT2D eigenvalue weighted by atomic mass is 19.1. The van der Waals surface area contributed by atoms with E-state index in [4.69, 9.17) is 0 Å². The molecule has 0 aliphatic rings. The quantitative estimate of drug-likeness (QED) is 0.623. The number of benzene rings is 2. The molecule has 0 heterocycles. The van der Waals surface area contributed by atoms with Crippen molar-refractivity contribution in [1.82, 2.24) is 0 Å². The van der Waals surface area contributed by atoms with Gasteiger partial charge < -0.3 is 20.3 Å². The van der Waals surface area contributed by atoms with Gasteiger partial charge in [0.05, 0.1) is 19.7 Å². The summed E-state index contributed by atoms with van der Waals surface area (Å²) < 4.78 is 17.7. The van der Waals surface area contributed by atoms with Gasteiger partial charge in [0, 0.05) is 11.4 Å². The number of carbonyl (C=O) groups excluding carboxylic acids is 3. The number of hydrogen-bond acceptors (Lipinski definition) is 4. The lowest BCUT2D eigenvalue weighted by molar-refractivity contribution is -0.862. The molecule has 8 heteroatoms. The van der Waals surface area contributed by atoms with Gasteiger partial charge in [-0.05, 0) is 42.5 Å². The molecular formula is C19H21FN3O4+. The van der Waals surface area contributed by atoms with Crippen LogP contribution in [-0.2, 0) is 14.3 Å². The van der Waals surface area contributed by atoms with E-state index in [0.29, 0.717) is 21.8 Å². The Morgan fingerprint density at radius 3 is 2.11 bits per heavy atom. The van der Waals surface area contributed by atoms with Crippen LogP contribution < -0.4 is 15.5 Å². The van der Waals surface area contributed by atoms with Gasteiger partial charge in [0.2, 0.25) is 0 Å². The molecule has 0 fully saturated rings. The van der Waals surface area contributed by atoms with Gasteiger partial charge in [0.1, 0.15) is 5.82 Å². The molecule has 0 aliphatic carbocycles. The van der Waals surface area contributed by atoms with Crippen LogP contribution in [0.25, 0.3) is 0 Å². The van der Waals surface area contributed by atoms with Crippen molar-refractivity contribution in [3.05, 3.63) is 59.9 Å². The SMILES string of the molecule is COC(=O)c1ccc(NC(=O)C[NH+](C)CC(=O)Nc2cccc(F)c2)cc1. The molecule has 0 bridgehead atoms. The molecule has 0 aromatic heterocycles. The first-order valence-electron chi connectivity index (χ1n) is 8.22. The number of hydrogen-bond donors (Lipinski definition) is 3. The van der Waals surface area contributed by atoms with E-state index in [0.717, 1.165) is 0 Å². The predicted octanol–water partition coefficient (Wildman–Crippen LogP) is 0.704. The number of likely N-dealkylation sites (N-methyl/N-ethyl adjacent to an activating group) is 1. The molecule has 0 aliphatic heterocycles. The molecule has 7 nitrogen and oxygen atoms in total. The fourth-order valence-electron chi connectivity index (χ4n) is 2.39. The summed E-state index contributed by atoms with van der Waals surface area (Å²) in [6.07, 6.45) is 0. The standard InChI is InChI=1S/C19H20FN3O4/c1-23(12-18(25)22-16-5-3-4-14(20)10-16)11-17(24)21-15-8-6-13(7-9-15)19(26)27-2/h3-10H,11-12H2,1-2H3,(H,21,24)(H,22,25)/p+1. The van der Waals surface area contributed by atoms with Gasteiger partial charge in [0.15, 0.2) is 13.1 Å². The van der Waals surface area contributed by atoms with Gasteiger partial charge in [-0.25, -0.2) is 9.18 Å². The third-order valence-electron chi connectivity index (χ3n) is 3.62. The summed E-state index contributed by atoms with van der Waals surface area (Å²) in [5.74, 6) is -1.50. The maximum atomic E-state index is 13.1. The summed E-state index contributed by atoms with van der Waals surface area (Å²) in [7, 11) is 2.99. The topological polar surface area (TPSA) is 88.9 Å². The lowest BCUT2D eigenvalue weighted by Gasteiger charge is -2.14. The van der Waals surface area contributed by atoms with Crippen LogP contribution in [0, 0.1) is 5.82 Å². The number of anilines is 2. The summed E-state index contributed by atoms with van der Waals surface area (Å²) in [5, 5.41) is 5.28. The average Bonchev–Trinajstić information content (AvgIpc) is 2.61. The van der Waals surface area contributed by atoms with Gasteiger partial charge in [0.25, 0.3) is 11.8 Å². The number of quaternary nitrogens is 1. The number of carbonyl (C=O) groups is 3. The molecule has 2 aromatic carbocycles. The first-order chi connectivity index (χ1) is 12.9. The van der Waals surface area contributed by atoms with Crippen LogP contribution in [0.2, 0.25) is 0 Å². The highest BCUT2D eigenvalue weighted by molar-refractivity contribution is 5.94. The molecule has 0 saturated carbocycles. The third kappa shape index (κ3) is 6.52. The Hall–Kier alpha value is -3.26. The number of amides is 2. The minimum atomic E-state index is -0.457. The Morgan fingerprint density at radius 1 is 0.963 bits per heavy atom. The van der Waals surface area contributed by atoms with Crippen LogP contribution in [0.5, 0.6) is 0 Å². The molecule has 2 aromatic rings. The molecule has 2 amide bonds. The smallest absolute Gasteiger partial charge is 0.337 e. The summed E-state index contributed by atoms with van der Waals surface area (Å²) >= 11 is 0. The van der Waals surface area contributed by atoms with Crippen molar-refractivity contribution in [3.8, 4) is 0 Å². The van der Waals surface area contributed by atoms with Crippen molar-refractivity contribution in [2.24, 2.45) is 0 Å². The van der Waals surface area contributed by atoms with Crippen LogP contribution in [0.1, 0.15) is 10.4 Å². The molecule has 142 valence electrons. The molecule has 1 unspecified atom stereocenters. The van der Waals surface area contributed by atoms with Gasteiger partial charge in [-0.3, -0.25) is 9.59 Å². The number of methoxy groups -OCH3 is 1. The summed E-state index contributed by atoms with van der Waals surface area (Å²) in [6, 6.07) is 11.9. The number of nitrogens with one attached hydrogen (secondary N) is 3. The van der Waals surface area contributed by atoms with Gasteiger partial charge in [-0.15, -0.1) is 0 Å². The Labute approximate surface area is 156 Å². The van der Waals surface area contributed by atoms with E-state index in [1.54, 1.807) is 37.4 Å². The van der Waals surface area contributed by atoms with Crippen molar-refractivity contribution in [3.63, 3.8) is 0 Å². The van der Waals surface area contributed by atoms with Crippen molar-refractivity contribution in [2.45, 2.75) is 0 Å². The Balaban J connectivity index is 1.80. The van der Waals surface area contributed by atoms with E-state index in [1.165, 1.54) is 25.3 Å². The van der Waals surface area contributed by atoms with E-state index in [-0.39, 0.29) is 24.9 Å². The molecule has 1 atom stereocenters. The third-order valence-corrected chi connectivity index (χ3v) is 3.62. The highest BCUT2D eigenvalue weighted by Crippen LogP contribution is 2.10. The van der Waals surface area contributed by atoms with E-state index < -0.39 is 11.8 Å². The zero-order valence-electron chi connectivity index (χ0n) is 15.0. The fourth-order valence-corrected chi connectivity index (χ4v) is 2.39. The largest absolute Gasteiger partial charge is 0.465 e. The fraction of sp³-hybridized carbons (Fsp3) is 0.211.